The van der Waals surface area contributed by atoms with Crippen LogP contribution in [0.5, 0.6) is 17.5 Å². The zero-order valence-electron chi connectivity index (χ0n) is 38.9. The van der Waals surface area contributed by atoms with E-state index >= 15 is 0 Å². The minimum atomic E-state index is -4.40. The van der Waals surface area contributed by atoms with E-state index in [4.69, 9.17) is 24.2 Å². The summed E-state index contributed by atoms with van der Waals surface area (Å²) in [5.74, 6) is 3.48. The van der Waals surface area contributed by atoms with Gasteiger partial charge in [0.1, 0.15) is 52.6 Å². The Balaban J connectivity index is 0.000000169. The van der Waals surface area contributed by atoms with Crippen molar-refractivity contribution in [2.24, 2.45) is 0 Å². The van der Waals surface area contributed by atoms with Gasteiger partial charge in [0.05, 0.1) is 38.3 Å². The summed E-state index contributed by atoms with van der Waals surface area (Å²) in [5, 5.41) is 0. The number of imidazole rings is 4. The van der Waals surface area contributed by atoms with Gasteiger partial charge in [0, 0.05) is 51.2 Å². The second-order valence-electron chi connectivity index (χ2n) is 18.1. The second-order valence-corrected chi connectivity index (χ2v) is 18.1. The fraction of sp³-hybridized carbons (Fsp3) is 0.333. The SMILES string of the molecule is COc1ccc([C@@H]2CCCn3cc(-c4ccc(-[n+]5c[nH]c(C)c5)c(OC)n4)nc32)cc1C(C)(C)C.COc1nc(-c2cn3c(n2)[C@H](c2ccccc2C(F)(F)F)CC3)ccc1-[n+]1c[nH]c(C)c1. The lowest BCUT2D eigenvalue weighted by atomic mass is 9.82. The summed E-state index contributed by atoms with van der Waals surface area (Å²) in [6.45, 7) is 12.2. The van der Waals surface area contributed by atoms with Crippen molar-refractivity contribution in [2.45, 2.75) is 90.4 Å². The Kier molecular flexibility index (Phi) is 12.0. The van der Waals surface area contributed by atoms with Gasteiger partial charge in [-0.15, -0.1) is 0 Å². The molecule has 0 unspecified atom stereocenters. The standard InChI is InChI=1S/C28H33N5O2.C23H20F3N5O/c1-18-15-33(17-29-18)24-11-10-22(31-27(24)35-6)23-16-32-13-7-8-20(26(32)30-23)19-9-12-25(34-5)21(14-19)28(2,3)4;1-14-11-31(13-27-14)20-8-7-18(29-22(20)32-2)19-12-30-10-9-16(21(30)28-19)15-5-3-4-6-17(15)23(24,25)26/h9-12,14-17,20H,7-8,13H2,1-6H3;3-8,11-13,16H,9-10H2,1-2H3/p+2/t20-;16-/m00/s1. The number of fused-ring (bicyclic) bond motifs is 2. The molecule has 16 heteroatoms. The van der Waals surface area contributed by atoms with Crippen molar-refractivity contribution in [1.29, 1.82) is 0 Å². The van der Waals surface area contributed by atoms with E-state index in [1.165, 1.54) is 17.2 Å². The summed E-state index contributed by atoms with van der Waals surface area (Å²) in [4.78, 5) is 25.5. The predicted octanol–water partition coefficient (Wildman–Crippen LogP) is 9.52. The van der Waals surface area contributed by atoms with Crippen LogP contribution in [-0.4, -0.2) is 60.4 Å². The van der Waals surface area contributed by atoms with E-state index in [9.17, 15) is 13.2 Å². The highest BCUT2D eigenvalue weighted by atomic mass is 19.4. The van der Waals surface area contributed by atoms with Gasteiger partial charge in [-0.3, -0.25) is 0 Å². The van der Waals surface area contributed by atoms with E-state index in [2.05, 4.69) is 69.7 Å². The lowest BCUT2D eigenvalue weighted by Gasteiger charge is -2.27. The number of aromatic amines is 2. The lowest BCUT2D eigenvalue weighted by molar-refractivity contribution is -0.595. The number of benzene rings is 2. The third kappa shape index (κ3) is 8.91. The molecule has 6 aromatic heterocycles. The zero-order chi connectivity index (χ0) is 47.2. The van der Waals surface area contributed by atoms with E-state index in [0.29, 0.717) is 41.9 Å². The maximum atomic E-state index is 13.6. The number of methoxy groups -OCH3 is 3. The molecular formula is C51H55F3N10O3+2. The number of pyridine rings is 2. The molecule has 2 aromatic carbocycles. The Morgan fingerprint density at radius 2 is 1.19 bits per heavy atom. The summed E-state index contributed by atoms with van der Waals surface area (Å²) in [7, 11) is 4.94. The van der Waals surface area contributed by atoms with Crippen LogP contribution in [0.3, 0.4) is 0 Å². The van der Waals surface area contributed by atoms with Crippen LogP contribution in [0, 0.1) is 13.8 Å². The quantitative estimate of drug-likeness (QED) is 0.138. The first-order valence-electron chi connectivity index (χ1n) is 22.4. The van der Waals surface area contributed by atoms with Crippen molar-refractivity contribution in [1.82, 2.24) is 39.0 Å². The number of halogens is 3. The van der Waals surface area contributed by atoms with E-state index in [0.717, 1.165) is 71.2 Å². The van der Waals surface area contributed by atoms with Gasteiger partial charge in [0.15, 0.2) is 11.4 Å². The van der Waals surface area contributed by atoms with Crippen LogP contribution >= 0.6 is 0 Å². The number of ether oxygens (including phenoxy) is 3. The second kappa shape index (κ2) is 17.9. The molecule has 0 amide bonds. The smallest absolute Gasteiger partial charge is 0.416 e. The van der Waals surface area contributed by atoms with Gasteiger partial charge in [-0.05, 0) is 77.8 Å². The zero-order valence-corrected chi connectivity index (χ0v) is 38.9. The van der Waals surface area contributed by atoms with E-state index < -0.39 is 17.7 Å². The van der Waals surface area contributed by atoms with Gasteiger partial charge in [-0.2, -0.15) is 22.3 Å². The number of aryl methyl sites for hydroxylation is 4. The van der Waals surface area contributed by atoms with Crippen molar-refractivity contribution < 1.29 is 36.5 Å². The molecule has 2 aliphatic rings. The highest BCUT2D eigenvalue weighted by Crippen LogP contribution is 2.43. The molecular weight excluding hydrogens is 858 g/mol. The maximum absolute atomic E-state index is 13.6. The number of hydrogen-bond acceptors (Lipinski definition) is 7. The van der Waals surface area contributed by atoms with Gasteiger partial charge in [0.25, 0.3) is 11.8 Å². The average molecular weight is 913 g/mol. The predicted molar refractivity (Wildman–Crippen MR) is 246 cm³/mol. The van der Waals surface area contributed by atoms with Crippen LogP contribution in [0.1, 0.15) is 97.2 Å². The van der Waals surface area contributed by atoms with Crippen molar-refractivity contribution >= 4 is 0 Å². The van der Waals surface area contributed by atoms with Crippen LogP contribution in [-0.2, 0) is 24.7 Å². The van der Waals surface area contributed by atoms with E-state index in [1.807, 2.05) is 83.1 Å². The molecule has 13 nitrogen and oxygen atoms in total. The molecule has 8 aromatic rings. The summed E-state index contributed by atoms with van der Waals surface area (Å²) < 4.78 is 65.5. The molecule has 0 spiro atoms. The van der Waals surface area contributed by atoms with Crippen molar-refractivity contribution in [3.8, 4) is 51.7 Å². The largest absolute Gasteiger partial charge is 0.496 e. The van der Waals surface area contributed by atoms with E-state index in [1.54, 1.807) is 33.5 Å². The molecule has 2 aliphatic heterocycles. The van der Waals surface area contributed by atoms with Crippen LogP contribution < -0.4 is 23.3 Å². The number of aromatic nitrogens is 10. The van der Waals surface area contributed by atoms with Gasteiger partial charge >= 0.3 is 6.18 Å². The number of H-pyrrole nitrogens is 2. The number of alkyl halides is 3. The van der Waals surface area contributed by atoms with Crippen LogP contribution in [0.4, 0.5) is 13.2 Å². The van der Waals surface area contributed by atoms with Gasteiger partial charge in [-0.25, -0.2) is 29.9 Å². The van der Waals surface area contributed by atoms with Crippen LogP contribution in [0.25, 0.3) is 34.2 Å². The molecule has 0 radical (unpaired) electrons. The third-order valence-electron chi connectivity index (χ3n) is 12.5. The summed E-state index contributed by atoms with van der Waals surface area (Å²) in [6.07, 6.45) is 9.98. The first kappa shape index (κ1) is 44.9. The molecule has 2 atom stereocenters. The van der Waals surface area contributed by atoms with Gasteiger partial charge < -0.3 is 23.3 Å². The Labute approximate surface area is 387 Å². The van der Waals surface area contributed by atoms with Crippen molar-refractivity contribution in [2.75, 3.05) is 21.3 Å². The lowest BCUT2D eigenvalue weighted by Crippen LogP contribution is -2.28. The summed E-state index contributed by atoms with van der Waals surface area (Å²) in [6, 6.07) is 20.1. The Bertz CT molecular complexity index is 3070. The fourth-order valence-corrected chi connectivity index (χ4v) is 9.24. The molecule has 0 aliphatic carbocycles. The van der Waals surface area contributed by atoms with E-state index in [-0.39, 0.29) is 16.9 Å². The number of nitrogens with one attached hydrogen (secondary N) is 2. The fourth-order valence-electron chi connectivity index (χ4n) is 9.24. The number of hydrogen-bond donors (Lipinski definition) is 2. The average Bonchev–Trinajstić information content (AvgIpc) is 4.18. The Hall–Kier alpha value is -7.23. The highest BCUT2D eigenvalue weighted by Gasteiger charge is 2.38. The molecule has 10 rings (SSSR count). The number of nitrogens with zero attached hydrogens (tertiary/aromatic N) is 8. The minimum Gasteiger partial charge on any atom is -0.496 e. The third-order valence-corrected chi connectivity index (χ3v) is 12.5. The Morgan fingerprint density at radius 3 is 1.72 bits per heavy atom. The van der Waals surface area contributed by atoms with Crippen LogP contribution in [0.15, 0.2) is 104 Å². The topological polar surface area (TPSA) is 128 Å². The molecule has 0 bridgehead atoms. The van der Waals surface area contributed by atoms with Crippen LogP contribution in [0.2, 0.25) is 0 Å². The van der Waals surface area contributed by atoms with Gasteiger partial charge in [0.2, 0.25) is 12.7 Å². The minimum absolute atomic E-state index is 0.00512. The highest BCUT2D eigenvalue weighted by molar-refractivity contribution is 5.59. The monoisotopic (exact) mass is 912 g/mol. The number of rotatable bonds is 9. The molecule has 0 fully saturated rings. The molecule has 346 valence electrons. The Morgan fingerprint density at radius 1 is 0.627 bits per heavy atom. The maximum Gasteiger partial charge on any atom is 0.416 e. The molecule has 67 heavy (non-hydrogen) atoms. The molecule has 8 heterocycles. The van der Waals surface area contributed by atoms with Crippen molar-refractivity contribution in [3.63, 3.8) is 0 Å². The first-order valence-corrected chi connectivity index (χ1v) is 22.4. The molecule has 0 saturated heterocycles. The normalized spacial score (nSPS) is 15.7. The summed E-state index contributed by atoms with van der Waals surface area (Å²) >= 11 is 0. The van der Waals surface area contributed by atoms with Crippen molar-refractivity contribution in [3.05, 3.63) is 149 Å². The summed E-state index contributed by atoms with van der Waals surface area (Å²) in [5.41, 5.74) is 8.76. The molecule has 0 saturated carbocycles. The first-order chi connectivity index (χ1) is 32.1. The van der Waals surface area contributed by atoms with Gasteiger partial charge in [-0.1, -0.05) is 51.1 Å². The molecule has 2 N–H and O–H groups in total.